The summed E-state index contributed by atoms with van der Waals surface area (Å²) in [6, 6.07) is 0. The molecule has 0 radical (unpaired) electrons. The molecule has 6 nitrogen and oxygen atoms in total. The van der Waals surface area contributed by atoms with Crippen molar-refractivity contribution in [2.45, 2.75) is 33.2 Å². The van der Waals surface area contributed by atoms with Gasteiger partial charge in [-0.05, 0) is 27.7 Å². The molecule has 0 aliphatic rings. The van der Waals surface area contributed by atoms with E-state index in [-0.39, 0.29) is 5.91 Å². The van der Waals surface area contributed by atoms with Gasteiger partial charge in [-0.1, -0.05) is 11.3 Å². The van der Waals surface area contributed by atoms with Crippen LogP contribution in [0.4, 0.5) is 5.13 Å². The Kier molecular flexibility index (Phi) is 4.42. The fourth-order valence-electron chi connectivity index (χ4n) is 1.09. The Morgan fingerprint density at radius 3 is 2.61 bits per heavy atom. The lowest BCUT2D eigenvalue weighted by Crippen LogP contribution is -2.45. The third-order valence-electron chi connectivity index (χ3n) is 2.06. The number of nitrogens with two attached hydrogens (primary N) is 1. The number of anilines is 1. The summed E-state index contributed by atoms with van der Waals surface area (Å²) >= 11 is 1.08. The maximum atomic E-state index is 11.7. The molecule has 0 atom stereocenters. The number of aromatic nitrogens is 1. The minimum Gasteiger partial charge on any atom is -0.462 e. The van der Waals surface area contributed by atoms with Gasteiger partial charge < -0.3 is 15.8 Å². The third-order valence-corrected chi connectivity index (χ3v) is 3.12. The van der Waals surface area contributed by atoms with E-state index in [1.165, 1.54) is 0 Å². The molecule has 7 heteroatoms. The van der Waals surface area contributed by atoms with Gasteiger partial charge in [-0.25, -0.2) is 9.78 Å². The van der Waals surface area contributed by atoms with Crippen LogP contribution in [0, 0.1) is 6.92 Å². The quantitative estimate of drug-likeness (QED) is 0.805. The van der Waals surface area contributed by atoms with E-state index in [2.05, 4.69) is 10.3 Å². The third kappa shape index (κ3) is 3.51. The molecule has 18 heavy (non-hydrogen) atoms. The molecule has 1 aromatic heterocycles. The zero-order valence-corrected chi connectivity index (χ0v) is 11.7. The molecule has 0 bridgehead atoms. The molecule has 0 aliphatic carbocycles. The Morgan fingerprint density at radius 2 is 2.11 bits per heavy atom. The average Bonchev–Trinajstić information content (AvgIpc) is 2.58. The summed E-state index contributed by atoms with van der Waals surface area (Å²) in [5.41, 5.74) is 5.19. The summed E-state index contributed by atoms with van der Waals surface area (Å²) in [5.74, 6) is -0.785. The van der Waals surface area contributed by atoms with Gasteiger partial charge in [0, 0.05) is 0 Å². The molecule has 1 amide bonds. The van der Waals surface area contributed by atoms with Crippen molar-refractivity contribution >= 4 is 28.3 Å². The fraction of sp³-hybridized carbons (Fsp3) is 0.545. The van der Waals surface area contributed by atoms with Crippen molar-refractivity contribution in [2.75, 3.05) is 11.9 Å². The van der Waals surface area contributed by atoms with Crippen LogP contribution in [0.1, 0.15) is 36.1 Å². The van der Waals surface area contributed by atoms with Crippen LogP contribution >= 0.6 is 11.3 Å². The molecule has 0 saturated carbocycles. The van der Waals surface area contributed by atoms with E-state index in [1.807, 2.05) is 0 Å². The Morgan fingerprint density at radius 1 is 1.50 bits per heavy atom. The van der Waals surface area contributed by atoms with Crippen LogP contribution in [0.15, 0.2) is 0 Å². The average molecular weight is 271 g/mol. The van der Waals surface area contributed by atoms with Crippen LogP contribution < -0.4 is 11.1 Å². The number of carbonyl (C=O) groups excluding carboxylic acids is 2. The summed E-state index contributed by atoms with van der Waals surface area (Å²) in [5, 5.41) is 2.92. The summed E-state index contributed by atoms with van der Waals surface area (Å²) < 4.78 is 4.89. The molecule has 100 valence electrons. The van der Waals surface area contributed by atoms with Crippen molar-refractivity contribution in [1.82, 2.24) is 4.98 Å². The number of carbonyl (C=O) groups is 2. The van der Waals surface area contributed by atoms with Gasteiger partial charge in [0.25, 0.3) is 0 Å². The van der Waals surface area contributed by atoms with Gasteiger partial charge in [0.05, 0.1) is 17.8 Å². The van der Waals surface area contributed by atoms with Crippen molar-refractivity contribution in [3.8, 4) is 0 Å². The van der Waals surface area contributed by atoms with Gasteiger partial charge >= 0.3 is 5.97 Å². The normalized spacial score (nSPS) is 11.2. The molecule has 0 spiro atoms. The highest BCUT2D eigenvalue weighted by molar-refractivity contribution is 7.17. The predicted octanol–water partition coefficient (Wildman–Crippen LogP) is 1.30. The first kappa shape index (κ1) is 14.6. The predicted molar refractivity (Wildman–Crippen MR) is 69.7 cm³/mol. The summed E-state index contributed by atoms with van der Waals surface area (Å²) in [6.07, 6.45) is 0. The highest BCUT2D eigenvalue weighted by Gasteiger charge is 2.24. The number of nitrogens with zero attached hydrogens (tertiary/aromatic N) is 1. The number of rotatable bonds is 4. The zero-order chi connectivity index (χ0) is 13.9. The van der Waals surface area contributed by atoms with Crippen LogP contribution in [0.25, 0.3) is 0 Å². The summed E-state index contributed by atoms with van der Waals surface area (Å²) in [7, 11) is 0. The Labute approximate surface area is 110 Å². The monoisotopic (exact) mass is 271 g/mol. The van der Waals surface area contributed by atoms with Crippen molar-refractivity contribution in [1.29, 1.82) is 0 Å². The van der Waals surface area contributed by atoms with Gasteiger partial charge in [0.1, 0.15) is 4.88 Å². The van der Waals surface area contributed by atoms with Gasteiger partial charge in [-0.15, -0.1) is 0 Å². The van der Waals surface area contributed by atoms with Crippen molar-refractivity contribution in [3.63, 3.8) is 0 Å². The van der Waals surface area contributed by atoms with E-state index < -0.39 is 11.5 Å². The molecule has 1 aromatic rings. The Bertz CT molecular complexity index is 463. The van der Waals surface area contributed by atoms with Gasteiger partial charge in [-0.2, -0.15) is 0 Å². The first-order valence-corrected chi connectivity index (χ1v) is 6.32. The fourth-order valence-corrected chi connectivity index (χ4v) is 1.95. The second-order valence-corrected chi connectivity index (χ2v) is 5.33. The van der Waals surface area contributed by atoms with Crippen LogP contribution in [-0.2, 0) is 9.53 Å². The molecule has 0 fully saturated rings. The SMILES string of the molecule is CCOC(=O)c1sc(NC(=O)C(C)(C)N)nc1C. The molecule has 0 aliphatic heterocycles. The van der Waals surface area contributed by atoms with Crippen LogP contribution in [0.2, 0.25) is 0 Å². The highest BCUT2D eigenvalue weighted by atomic mass is 32.1. The van der Waals surface area contributed by atoms with Crippen LogP contribution in [-0.4, -0.2) is 29.0 Å². The molecule has 1 rings (SSSR count). The van der Waals surface area contributed by atoms with Crippen LogP contribution in [0.5, 0.6) is 0 Å². The maximum absolute atomic E-state index is 11.7. The maximum Gasteiger partial charge on any atom is 0.350 e. The van der Waals surface area contributed by atoms with E-state index in [0.29, 0.717) is 22.3 Å². The Balaban J connectivity index is 2.85. The molecular weight excluding hydrogens is 254 g/mol. The lowest BCUT2D eigenvalue weighted by atomic mass is 10.1. The molecule has 3 N–H and O–H groups in total. The second kappa shape index (κ2) is 5.45. The minimum absolute atomic E-state index is 0.299. The zero-order valence-electron chi connectivity index (χ0n) is 10.9. The van der Waals surface area contributed by atoms with E-state index in [4.69, 9.17) is 10.5 Å². The smallest absolute Gasteiger partial charge is 0.350 e. The number of thiazole rings is 1. The van der Waals surface area contributed by atoms with Crippen molar-refractivity contribution < 1.29 is 14.3 Å². The first-order chi connectivity index (χ1) is 8.25. The topological polar surface area (TPSA) is 94.3 Å². The van der Waals surface area contributed by atoms with E-state index in [9.17, 15) is 9.59 Å². The summed E-state index contributed by atoms with van der Waals surface area (Å²) in [4.78, 5) is 27.7. The number of amides is 1. The second-order valence-electron chi connectivity index (χ2n) is 4.33. The van der Waals surface area contributed by atoms with Crippen molar-refractivity contribution in [3.05, 3.63) is 10.6 Å². The number of hydrogen-bond donors (Lipinski definition) is 2. The molecular formula is C11H17N3O3S. The molecule has 0 saturated heterocycles. The number of hydrogen-bond acceptors (Lipinski definition) is 6. The first-order valence-electron chi connectivity index (χ1n) is 5.50. The van der Waals surface area contributed by atoms with Crippen molar-refractivity contribution in [2.24, 2.45) is 5.73 Å². The lowest BCUT2D eigenvalue weighted by Gasteiger charge is -2.16. The van der Waals surface area contributed by atoms with E-state index in [1.54, 1.807) is 27.7 Å². The minimum atomic E-state index is -0.996. The summed E-state index contributed by atoms with van der Waals surface area (Å²) in [6.45, 7) is 6.90. The molecule has 0 unspecified atom stereocenters. The lowest BCUT2D eigenvalue weighted by molar-refractivity contribution is -0.120. The van der Waals surface area contributed by atoms with Gasteiger partial charge in [-0.3, -0.25) is 4.79 Å². The largest absolute Gasteiger partial charge is 0.462 e. The Hall–Kier alpha value is -1.47. The number of esters is 1. The highest BCUT2D eigenvalue weighted by Crippen LogP contribution is 2.23. The van der Waals surface area contributed by atoms with Gasteiger partial charge in [0.2, 0.25) is 5.91 Å². The molecule has 0 aromatic carbocycles. The van der Waals surface area contributed by atoms with Gasteiger partial charge in [0.15, 0.2) is 5.13 Å². The number of aryl methyl sites for hydroxylation is 1. The standard InChI is InChI=1S/C11H17N3O3S/c1-5-17-8(15)7-6(2)13-10(18-7)14-9(16)11(3,4)12/h5,12H2,1-4H3,(H,13,14,16). The van der Waals surface area contributed by atoms with E-state index >= 15 is 0 Å². The number of nitrogens with one attached hydrogen (secondary N) is 1. The molecule has 1 heterocycles. The van der Waals surface area contributed by atoms with E-state index in [0.717, 1.165) is 11.3 Å². The van der Waals surface area contributed by atoms with Crippen LogP contribution in [0.3, 0.4) is 0 Å². The number of ether oxygens (including phenoxy) is 1.